The van der Waals surface area contributed by atoms with Gasteiger partial charge in [0.05, 0.1) is 15.3 Å². The van der Waals surface area contributed by atoms with Gasteiger partial charge in [-0.15, -0.1) is 0 Å². The zero-order chi connectivity index (χ0) is 19.9. The Labute approximate surface area is 181 Å². The summed E-state index contributed by atoms with van der Waals surface area (Å²) in [6, 6.07) is 19.3. The number of rotatable bonds is 6. The molecule has 0 aliphatic carbocycles. The molecule has 3 rings (SSSR count). The van der Waals surface area contributed by atoms with Crippen molar-refractivity contribution in [2.75, 3.05) is 0 Å². The van der Waals surface area contributed by atoms with E-state index in [0.29, 0.717) is 19.9 Å². The first-order valence-electron chi connectivity index (χ1n) is 8.32. The van der Waals surface area contributed by atoms with E-state index in [-0.39, 0.29) is 18.3 Å². The van der Waals surface area contributed by atoms with E-state index in [4.69, 9.17) is 16.3 Å². The number of amides is 1. The quantitative estimate of drug-likeness (QED) is 0.281. The second kappa shape index (κ2) is 9.57. The molecule has 0 heterocycles. The van der Waals surface area contributed by atoms with Crippen molar-refractivity contribution >= 4 is 46.3 Å². The minimum absolute atomic E-state index is 0.200. The van der Waals surface area contributed by atoms with E-state index in [2.05, 4.69) is 10.5 Å². The Kier molecular flexibility index (Phi) is 6.89. The number of phenolic OH excluding ortho intramolecular Hbond substituents is 1. The van der Waals surface area contributed by atoms with Gasteiger partial charge < -0.3 is 9.84 Å². The van der Waals surface area contributed by atoms with Crippen LogP contribution in [-0.4, -0.2) is 17.2 Å². The molecule has 142 valence electrons. The van der Waals surface area contributed by atoms with E-state index in [1.165, 1.54) is 6.21 Å². The van der Waals surface area contributed by atoms with Crippen LogP contribution in [0.2, 0.25) is 5.02 Å². The van der Waals surface area contributed by atoms with Crippen LogP contribution in [0.1, 0.15) is 21.5 Å². The number of hydrogen-bond donors (Lipinski definition) is 2. The standard InChI is InChI=1S/C21H16ClIN2O3/c22-17-7-3-1-5-15(17)13-28-20-8-4-2-6-16(20)21(27)25-24-12-14-9-10-19(26)18(23)11-14/h1-12,26H,13H2,(H,25,27)/b24-12+. The number of aromatic hydroxyl groups is 1. The molecule has 0 radical (unpaired) electrons. The maximum atomic E-state index is 12.5. The highest BCUT2D eigenvalue weighted by Crippen LogP contribution is 2.22. The number of ether oxygens (including phenoxy) is 1. The number of phenols is 1. The molecule has 3 aromatic carbocycles. The molecule has 0 unspecified atom stereocenters. The summed E-state index contributed by atoms with van der Waals surface area (Å²) in [7, 11) is 0. The van der Waals surface area contributed by atoms with E-state index >= 15 is 0 Å². The number of benzene rings is 3. The molecule has 28 heavy (non-hydrogen) atoms. The SMILES string of the molecule is O=C(N/N=C/c1ccc(O)c(I)c1)c1ccccc1OCc1ccccc1Cl. The monoisotopic (exact) mass is 506 g/mol. The highest BCUT2D eigenvalue weighted by atomic mass is 127. The Morgan fingerprint density at radius 1 is 1.14 bits per heavy atom. The van der Waals surface area contributed by atoms with E-state index < -0.39 is 0 Å². The average Bonchev–Trinajstić information content (AvgIpc) is 2.70. The molecular weight excluding hydrogens is 491 g/mol. The van der Waals surface area contributed by atoms with Crippen molar-refractivity contribution in [2.24, 2.45) is 5.10 Å². The number of halogens is 2. The molecule has 0 aliphatic rings. The Hall–Kier alpha value is -2.58. The molecule has 0 fully saturated rings. The summed E-state index contributed by atoms with van der Waals surface area (Å²) in [6.45, 7) is 0.249. The zero-order valence-electron chi connectivity index (χ0n) is 14.6. The molecule has 5 nitrogen and oxygen atoms in total. The maximum absolute atomic E-state index is 12.5. The van der Waals surface area contributed by atoms with Gasteiger partial charge in [-0.2, -0.15) is 5.10 Å². The molecule has 0 aliphatic heterocycles. The number of para-hydroxylation sites is 1. The lowest BCUT2D eigenvalue weighted by Gasteiger charge is -2.11. The maximum Gasteiger partial charge on any atom is 0.275 e. The second-order valence-corrected chi connectivity index (χ2v) is 7.36. The van der Waals surface area contributed by atoms with Crippen LogP contribution < -0.4 is 10.2 Å². The van der Waals surface area contributed by atoms with E-state index in [1.54, 1.807) is 48.5 Å². The van der Waals surface area contributed by atoms with Crippen LogP contribution in [-0.2, 0) is 6.61 Å². The zero-order valence-corrected chi connectivity index (χ0v) is 17.5. The molecule has 3 aromatic rings. The van der Waals surface area contributed by atoms with Crippen molar-refractivity contribution in [3.05, 3.63) is 92.0 Å². The largest absolute Gasteiger partial charge is 0.507 e. The molecule has 0 spiro atoms. The number of hydrazone groups is 1. The average molecular weight is 507 g/mol. The van der Waals surface area contributed by atoms with Gasteiger partial charge >= 0.3 is 0 Å². The number of hydrogen-bond acceptors (Lipinski definition) is 4. The second-order valence-electron chi connectivity index (χ2n) is 5.79. The predicted octanol–water partition coefficient (Wildman–Crippen LogP) is 4.99. The Morgan fingerprint density at radius 2 is 1.89 bits per heavy atom. The van der Waals surface area contributed by atoms with Gasteiger partial charge in [0.15, 0.2) is 0 Å². The van der Waals surface area contributed by atoms with Crippen LogP contribution in [0.25, 0.3) is 0 Å². The summed E-state index contributed by atoms with van der Waals surface area (Å²) in [5.74, 6) is 0.250. The number of carbonyl (C=O) groups excluding carboxylic acids is 1. The number of nitrogens with zero attached hydrogens (tertiary/aromatic N) is 1. The third-order valence-corrected chi connectivity index (χ3v) is 5.06. The molecule has 0 bridgehead atoms. The number of nitrogens with one attached hydrogen (secondary N) is 1. The van der Waals surface area contributed by atoms with Crippen molar-refractivity contribution in [3.63, 3.8) is 0 Å². The van der Waals surface area contributed by atoms with Crippen LogP contribution in [0.5, 0.6) is 11.5 Å². The molecule has 2 N–H and O–H groups in total. The van der Waals surface area contributed by atoms with Gasteiger partial charge in [-0.1, -0.05) is 41.9 Å². The summed E-state index contributed by atoms with van der Waals surface area (Å²) in [5, 5.41) is 14.1. The number of carbonyl (C=O) groups is 1. The van der Waals surface area contributed by atoms with Crippen LogP contribution in [0.4, 0.5) is 0 Å². The van der Waals surface area contributed by atoms with Gasteiger partial charge in [-0.05, 0) is 64.6 Å². The van der Waals surface area contributed by atoms with E-state index in [1.807, 2.05) is 40.8 Å². The van der Waals surface area contributed by atoms with Crippen molar-refractivity contribution < 1.29 is 14.6 Å². The first-order chi connectivity index (χ1) is 13.5. The Bertz CT molecular complexity index is 1020. The van der Waals surface area contributed by atoms with Crippen molar-refractivity contribution in [1.82, 2.24) is 5.43 Å². The molecule has 7 heteroatoms. The lowest BCUT2D eigenvalue weighted by Crippen LogP contribution is -2.18. The summed E-state index contributed by atoms with van der Waals surface area (Å²) in [5.41, 5.74) is 4.45. The molecule has 0 saturated carbocycles. The predicted molar refractivity (Wildman–Crippen MR) is 118 cm³/mol. The molecule has 0 atom stereocenters. The van der Waals surface area contributed by atoms with Gasteiger partial charge in [-0.3, -0.25) is 4.79 Å². The first-order valence-corrected chi connectivity index (χ1v) is 9.77. The minimum atomic E-state index is -0.389. The lowest BCUT2D eigenvalue weighted by molar-refractivity contribution is 0.0950. The Morgan fingerprint density at radius 3 is 2.68 bits per heavy atom. The summed E-state index contributed by atoms with van der Waals surface area (Å²) < 4.78 is 6.49. The molecule has 0 saturated heterocycles. The smallest absolute Gasteiger partial charge is 0.275 e. The summed E-state index contributed by atoms with van der Waals surface area (Å²) in [4.78, 5) is 12.5. The van der Waals surface area contributed by atoms with Crippen LogP contribution in [0.3, 0.4) is 0 Å². The summed E-state index contributed by atoms with van der Waals surface area (Å²) in [6.07, 6.45) is 1.51. The summed E-state index contributed by atoms with van der Waals surface area (Å²) >= 11 is 8.17. The van der Waals surface area contributed by atoms with E-state index in [0.717, 1.165) is 11.1 Å². The topological polar surface area (TPSA) is 70.9 Å². The van der Waals surface area contributed by atoms with Gasteiger partial charge in [0.1, 0.15) is 18.1 Å². The fourth-order valence-electron chi connectivity index (χ4n) is 2.38. The minimum Gasteiger partial charge on any atom is -0.507 e. The van der Waals surface area contributed by atoms with Crippen LogP contribution >= 0.6 is 34.2 Å². The van der Waals surface area contributed by atoms with Crippen LogP contribution in [0, 0.1) is 3.57 Å². The molecule has 1 amide bonds. The lowest BCUT2D eigenvalue weighted by atomic mass is 10.2. The highest BCUT2D eigenvalue weighted by molar-refractivity contribution is 14.1. The van der Waals surface area contributed by atoms with E-state index in [9.17, 15) is 9.90 Å². The van der Waals surface area contributed by atoms with Gasteiger partial charge in [-0.25, -0.2) is 5.43 Å². The third kappa shape index (κ3) is 5.24. The fraction of sp³-hybridized carbons (Fsp3) is 0.0476. The van der Waals surface area contributed by atoms with Crippen molar-refractivity contribution in [3.8, 4) is 11.5 Å². The van der Waals surface area contributed by atoms with Crippen LogP contribution in [0.15, 0.2) is 71.8 Å². The highest BCUT2D eigenvalue weighted by Gasteiger charge is 2.12. The van der Waals surface area contributed by atoms with Crippen molar-refractivity contribution in [2.45, 2.75) is 6.61 Å². The fourth-order valence-corrected chi connectivity index (χ4v) is 3.11. The normalized spacial score (nSPS) is 10.8. The third-order valence-electron chi connectivity index (χ3n) is 3.82. The van der Waals surface area contributed by atoms with Gasteiger partial charge in [0.25, 0.3) is 5.91 Å². The Balaban J connectivity index is 1.67. The van der Waals surface area contributed by atoms with Gasteiger partial charge in [0.2, 0.25) is 0 Å². The molecule has 0 aromatic heterocycles. The molecular formula is C21H16ClIN2O3. The van der Waals surface area contributed by atoms with Crippen molar-refractivity contribution in [1.29, 1.82) is 0 Å². The first kappa shape index (κ1) is 20.2. The van der Waals surface area contributed by atoms with Gasteiger partial charge in [0, 0.05) is 10.6 Å².